The number of aromatic amines is 1. The zero-order chi connectivity index (χ0) is 22.5. The third-order valence-corrected chi connectivity index (χ3v) is 5.58. The van der Waals surface area contributed by atoms with Crippen molar-refractivity contribution in [1.82, 2.24) is 19.9 Å². The van der Waals surface area contributed by atoms with Gasteiger partial charge in [-0.25, -0.2) is 19.3 Å². The molecule has 9 heteroatoms. The van der Waals surface area contributed by atoms with Crippen molar-refractivity contribution in [2.45, 2.75) is 32.0 Å². The molecule has 4 aromatic rings. The quantitative estimate of drug-likeness (QED) is 0.393. The lowest BCUT2D eigenvalue weighted by Gasteiger charge is -2.32. The van der Waals surface area contributed by atoms with Crippen LogP contribution in [0.25, 0.3) is 33.7 Å². The average Bonchev–Trinajstić information content (AvgIpc) is 3.15. The van der Waals surface area contributed by atoms with Crippen LogP contribution in [0.4, 0.5) is 17.6 Å². The van der Waals surface area contributed by atoms with Crippen LogP contribution in [0, 0.1) is 11.7 Å². The van der Waals surface area contributed by atoms with Gasteiger partial charge in [0.2, 0.25) is 5.88 Å². The molecule has 1 aliphatic carbocycles. The number of aromatic nitrogens is 4. The molecule has 0 aliphatic heterocycles. The first kappa shape index (κ1) is 20.4. The van der Waals surface area contributed by atoms with Gasteiger partial charge in [-0.15, -0.1) is 0 Å². The predicted octanol–water partition coefficient (Wildman–Crippen LogP) is 6.02. The van der Waals surface area contributed by atoms with Crippen molar-refractivity contribution in [3.05, 3.63) is 60.2 Å². The van der Waals surface area contributed by atoms with Crippen LogP contribution < -0.4 is 4.74 Å². The minimum atomic E-state index is -4.47. The first-order valence-electron chi connectivity index (χ1n) is 10.1. The zero-order valence-corrected chi connectivity index (χ0v) is 16.9. The fraction of sp³-hybridized carbons (Fsp3) is 0.261. The van der Waals surface area contributed by atoms with Gasteiger partial charge in [0.1, 0.15) is 17.7 Å². The molecule has 2 heterocycles. The van der Waals surface area contributed by atoms with Crippen molar-refractivity contribution >= 4 is 11.0 Å². The molecule has 0 radical (unpaired) electrons. The molecule has 0 bridgehead atoms. The number of nitrogens with one attached hydrogen (secondary N) is 1. The smallest absolute Gasteiger partial charge is 0.416 e. The molecule has 1 fully saturated rings. The lowest BCUT2D eigenvalue weighted by atomic mass is 9.84. The van der Waals surface area contributed by atoms with Crippen LogP contribution in [0.15, 0.2) is 48.8 Å². The van der Waals surface area contributed by atoms with Crippen molar-refractivity contribution in [1.29, 1.82) is 0 Å². The maximum Gasteiger partial charge on any atom is 0.416 e. The lowest BCUT2D eigenvalue weighted by molar-refractivity contribution is -0.137. The van der Waals surface area contributed by atoms with Gasteiger partial charge < -0.3 is 9.72 Å². The summed E-state index contributed by atoms with van der Waals surface area (Å²) in [5, 5.41) is 0. The standard InChI is InChI=1S/C23H18F4N4O/c1-12-6-15(7-12)32-21-11-28-20(10-29-21)13-2-4-16(17(24)8-13)22-30-18-5-3-14(23(25,26)27)9-19(18)31-22/h2-5,8-12,15H,6-7H2,1H3,(H,30,31). The molecule has 164 valence electrons. The monoisotopic (exact) mass is 442 g/mol. The first-order valence-corrected chi connectivity index (χ1v) is 10.1. The van der Waals surface area contributed by atoms with E-state index in [1.54, 1.807) is 6.07 Å². The van der Waals surface area contributed by atoms with E-state index in [-0.39, 0.29) is 23.0 Å². The lowest BCUT2D eigenvalue weighted by Crippen LogP contribution is -2.32. The molecule has 0 amide bonds. The maximum absolute atomic E-state index is 14.8. The molecule has 1 aliphatic rings. The molecular formula is C23H18F4N4O. The second kappa shape index (κ2) is 7.58. The van der Waals surface area contributed by atoms with Gasteiger partial charge in [-0.2, -0.15) is 13.2 Å². The highest BCUT2D eigenvalue weighted by Gasteiger charge is 2.31. The van der Waals surface area contributed by atoms with E-state index in [1.165, 1.54) is 30.6 Å². The highest BCUT2D eigenvalue weighted by molar-refractivity contribution is 5.80. The molecule has 1 saturated carbocycles. The number of ether oxygens (including phenoxy) is 1. The molecule has 0 spiro atoms. The summed E-state index contributed by atoms with van der Waals surface area (Å²) in [5.41, 5.74) is 0.834. The molecular weight excluding hydrogens is 424 g/mol. The topological polar surface area (TPSA) is 63.7 Å². The molecule has 2 aromatic heterocycles. The molecule has 1 N–H and O–H groups in total. The van der Waals surface area contributed by atoms with Crippen molar-refractivity contribution in [2.24, 2.45) is 5.92 Å². The number of imidazole rings is 1. The summed E-state index contributed by atoms with van der Waals surface area (Å²) in [6.45, 7) is 2.16. The molecule has 2 aromatic carbocycles. The normalized spacial score (nSPS) is 18.5. The summed E-state index contributed by atoms with van der Waals surface area (Å²) in [4.78, 5) is 15.5. The van der Waals surface area contributed by atoms with Gasteiger partial charge in [0.05, 0.1) is 40.2 Å². The highest BCUT2D eigenvalue weighted by atomic mass is 19.4. The molecule has 0 atom stereocenters. The molecule has 5 rings (SSSR count). The fourth-order valence-corrected chi connectivity index (χ4v) is 3.80. The SMILES string of the molecule is CC1CC(Oc2cnc(-c3ccc(-c4nc5ccc(C(F)(F)F)cc5[nH]4)c(F)c3)cn2)C1. The Morgan fingerprint density at radius 1 is 1.03 bits per heavy atom. The Hall–Kier alpha value is -3.49. The minimum absolute atomic E-state index is 0.144. The largest absolute Gasteiger partial charge is 0.473 e. The zero-order valence-electron chi connectivity index (χ0n) is 16.9. The van der Waals surface area contributed by atoms with Gasteiger partial charge in [0.15, 0.2) is 0 Å². The van der Waals surface area contributed by atoms with E-state index in [0.29, 0.717) is 28.6 Å². The molecule has 5 nitrogen and oxygen atoms in total. The fourth-order valence-electron chi connectivity index (χ4n) is 3.80. The van der Waals surface area contributed by atoms with Crippen LogP contribution in [0.1, 0.15) is 25.3 Å². The third-order valence-electron chi connectivity index (χ3n) is 5.58. The summed E-state index contributed by atoms with van der Waals surface area (Å²) in [5.74, 6) is 0.659. The van der Waals surface area contributed by atoms with E-state index in [0.717, 1.165) is 25.0 Å². The van der Waals surface area contributed by atoms with E-state index in [4.69, 9.17) is 4.74 Å². The second-order valence-electron chi connectivity index (χ2n) is 8.07. The third kappa shape index (κ3) is 3.90. The minimum Gasteiger partial charge on any atom is -0.473 e. The van der Waals surface area contributed by atoms with Crippen molar-refractivity contribution in [3.63, 3.8) is 0 Å². The van der Waals surface area contributed by atoms with Gasteiger partial charge >= 0.3 is 6.18 Å². The van der Waals surface area contributed by atoms with Crippen LogP contribution in [0.2, 0.25) is 0 Å². The number of halogens is 4. The number of rotatable bonds is 4. The number of hydrogen-bond donors (Lipinski definition) is 1. The van der Waals surface area contributed by atoms with Crippen LogP contribution >= 0.6 is 0 Å². The summed E-state index contributed by atoms with van der Waals surface area (Å²) >= 11 is 0. The van der Waals surface area contributed by atoms with E-state index in [1.807, 2.05) is 0 Å². The highest BCUT2D eigenvalue weighted by Crippen LogP contribution is 2.33. The van der Waals surface area contributed by atoms with Crippen LogP contribution in [-0.4, -0.2) is 26.0 Å². The number of hydrogen-bond acceptors (Lipinski definition) is 4. The van der Waals surface area contributed by atoms with E-state index in [9.17, 15) is 17.6 Å². The molecule has 0 unspecified atom stereocenters. The summed E-state index contributed by atoms with van der Waals surface area (Å²) in [6, 6.07) is 7.63. The van der Waals surface area contributed by atoms with Gasteiger partial charge in [-0.3, -0.25) is 0 Å². The Labute approximate surface area is 180 Å². The Kier molecular flexibility index (Phi) is 4.83. The number of H-pyrrole nitrogens is 1. The van der Waals surface area contributed by atoms with Gasteiger partial charge in [0, 0.05) is 5.56 Å². The molecule has 0 saturated heterocycles. The number of benzene rings is 2. The summed E-state index contributed by atoms with van der Waals surface area (Å²) in [6.07, 6.45) is 0.723. The first-order chi connectivity index (χ1) is 15.3. The Morgan fingerprint density at radius 2 is 1.84 bits per heavy atom. The Balaban J connectivity index is 1.38. The molecule has 32 heavy (non-hydrogen) atoms. The second-order valence-corrected chi connectivity index (χ2v) is 8.07. The summed E-state index contributed by atoms with van der Waals surface area (Å²) < 4.78 is 59.4. The van der Waals surface area contributed by atoms with Crippen molar-refractivity contribution < 1.29 is 22.3 Å². The predicted molar refractivity (Wildman–Crippen MR) is 110 cm³/mol. The Bertz CT molecular complexity index is 1280. The van der Waals surface area contributed by atoms with Crippen LogP contribution in [0.5, 0.6) is 5.88 Å². The van der Waals surface area contributed by atoms with E-state index >= 15 is 0 Å². The van der Waals surface area contributed by atoms with Crippen molar-refractivity contribution in [2.75, 3.05) is 0 Å². The van der Waals surface area contributed by atoms with Crippen molar-refractivity contribution in [3.8, 4) is 28.5 Å². The number of alkyl halides is 3. The van der Waals surface area contributed by atoms with Gasteiger partial charge in [-0.05, 0) is 49.1 Å². The van der Waals surface area contributed by atoms with E-state index in [2.05, 4.69) is 26.9 Å². The van der Waals surface area contributed by atoms with E-state index < -0.39 is 17.6 Å². The maximum atomic E-state index is 14.8. The number of fused-ring (bicyclic) bond motifs is 1. The number of nitrogens with zero attached hydrogens (tertiary/aromatic N) is 3. The average molecular weight is 442 g/mol. The van der Waals surface area contributed by atoms with Gasteiger partial charge in [-0.1, -0.05) is 13.0 Å². The van der Waals surface area contributed by atoms with Crippen LogP contribution in [0.3, 0.4) is 0 Å². The Morgan fingerprint density at radius 3 is 2.50 bits per heavy atom. The van der Waals surface area contributed by atoms with Crippen LogP contribution in [-0.2, 0) is 6.18 Å². The van der Waals surface area contributed by atoms with Gasteiger partial charge in [0.25, 0.3) is 0 Å². The summed E-state index contributed by atoms with van der Waals surface area (Å²) in [7, 11) is 0.